The quantitative estimate of drug-likeness (QED) is 0.754. The summed E-state index contributed by atoms with van der Waals surface area (Å²) in [4.78, 5) is 13.2. The number of hydrogen-bond donors (Lipinski definition) is 0. The number of hydrogen-bond acceptors (Lipinski definition) is 2. The standard InChI is InChI=1S/C18H26OS/c19-18(14-8-15-1-2-16(9-14)20-15)17-12-4-10-3-11(6-12)7-13(17)5-10/h10-17H,1-9H2. The van der Waals surface area contributed by atoms with Crippen molar-refractivity contribution < 1.29 is 4.79 Å². The van der Waals surface area contributed by atoms with Crippen molar-refractivity contribution in [3.05, 3.63) is 0 Å². The van der Waals surface area contributed by atoms with Gasteiger partial charge in [-0.05, 0) is 81.5 Å². The van der Waals surface area contributed by atoms with Crippen LogP contribution < -0.4 is 0 Å². The highest BCUT2D eigenvalue weighted by Crippen LogP contribution is 2.58. The van der Waals surface area contributed by atoms with Crippen LogP contribution in [0.15, 0.2) is 0 Å². The Labute approximate surface area is 126 Å². The lowest BCUT2D eigenvalue weighted by molar-refractivity contribution is -0.140. The number of carbonyl (C=O) groups is 1. The van der Waals surface area contributed by atoms with Crippen LogP contribution in [0.5, 0.6) is 0 Å². The number of ketones is 1. The zero-order chi connectivity index (χ0) is 13.3. The molecule has 2 unspecified atom stereocenters. The minimum atomic E-state index is 0.455. The molecule has 6 rings (SSSR count). The van der Waals surface area contributed by atoms with Gasteiger partial charge in [0.25, 0.3) is 0 Å². The summed E-state index contributed by atoms with van der Waals surface area (Å²) >= 11 is 2.20. The molecule has 2 heterocycles. The molecule has 0 aromatic rings. The fourth-order valence-corrected chi connectivity index (χ4v) is 8.53. The average molecular weight is 290 g/mol. The van der Waals surface area contributed by atoms with Crippen LogP contribution in [-0.4, -0.2) is 16.3 Å². The molecule has 1 nitrogen and oxygen atoms in total. The smallest absolute Gasteiger partial charge is 0.139 e. The molecule has 110 valence electrons. The summed E-state index contributed by atoms with van der Waals surface area (Å²) in [6.45, 7) is 0. The van der Waals surface area contributed by atoms with Gasteiger partial charge in [-0.15, -0.1) is 0 Å². The number of carbonyl (C=O) groups excluding carboxylic acids is 1. The predicted octanol–water partition coefficient (Wildman–Crippen LogP) is 4.30. The molecule has 0 radical (unpaired) electrons. The third-order valence-corrected chi connectivity index (χ3v) is 8.87. The Morgan fingerprint density at radius 1 is 0.750 bits per heavy atom. The van der Waals surface area contributed by atoms with Gasteiger partial charge in [0.1, 0.15) is 5.78 Å². The van der Waals surface area contributed by atoms with Crippen LogP contribution >= 0.6 is 11.8 Å². The molecule has 2 saturated heterocycles. The minimum absolute atomic E-state index is 0.455. The maximum atomic E-state index is 13.2. The number of rotatable bonds is 2. The van der Waals surface area contributed by atoms with Crippen LogP contribution in [0.1, 0.15) is 57.8 Å². The Hall–Kier alpha value is 0.0200. The number of fused-ring (bicyclic) bond motifs is 2. The first-order valence-corrected chi connectivity index (χ1v) is 9.89. The first-order valence-electron chi connectivity index (χ1n) is 8.95. The highest BCUT2D eigenvalue weighted by molar-refractivity contribution is 8.00. The van der Waals surface area contributed by atoms with E-state index in [0.29, 0.717) is 11.8 Å². The second-order valence-electron chi connectivity index (χ2n) is 8.48. The van der Waals surface area contributed by atoms with Crippen molar-refractivity contribution in [2.24, 2.45) is 35.5 Å². The molecule has 4 saturated carbocycles. The summed E-state index contributed by atoms with van der Waals surface area (Å²) in [5.74, 6) is 5.28. The van der Waals surface area contributed by atoms with E-state index >= 15 is 0 Å². The predicted molar refractivity (Wildman–Crippen MR) is 82.7 cm³/mol. The van der Waals surface area contributed by atoms with E-state index in [-0.39, 0.29) is 0 Å². The van der Waals surface area contributed by atoms with Crippen LogP contribution in [-0.2, 0) is 4.79 Å². The highest BCUT2D eigenvalue weighted by atomic mass is 32.2. The normalized spacial score (nSPS) is 56.2. The molecule has 20 heavy (non-hydrogen) atoms. The summed E-state index contributed by atoms with van der Waals surface area (Å²) in [6.07, 6.45) is 12.3. The third kappa shape index (κ3) is 1.86. The van der Waals surface area contributed by atoms with Crippen LogP contribution in [0.3, 0.4) is 0 Å². The maximum absolute atomic E-state index is 13.2. The molecule has 6 fully saturated rings. The molecular weight excluding hydrogens is 264 g/mol. The van der Waals surface area contributed by atoms with Crippen molar-refractivity contribution in [1.82, 2.24) is 0 Å². The minimum Gasteiger partial charge on any atom is -0.299 e. The first-order chi connectivity index (χ1) is 9.76. The van der Waals surface area contributed by atoms with Crippen molar-refractivity contribution in [1.29, 1.82) is 0 Å². The fourth-order valence-electron chi connectivity index (χ4n) is 6.75. The molecule has 0 aromatic carbocycles. The van der Waals surface area contributed by atoms with Gasteiger partial charge in [0, 0.05) is 22.3 Å². The van der Waals surface area contributed by atoms with Crippen LogP contribution in [0.25, 0.3) is 0 Å². The molecule has 0 spiro atoms. The van der Waals surface area contributed by atoms with E-state index in [9.17, 15) is 4.79 Å². The fraction of sp³-hybridized carbons (Fsp3) is 0.944. The Bertz CT molecular complexity index is 391. The van der Waals surface area contributed by atoms with Gasteiger partial charge < -0.3 is 0 Å². The monoisotopic (exact) mass is 290 g/mol. The lowest BCUT2D eigenvalue weighted by Gasteiger charge is -2.54. The first kappa shape index (κ1) is 12.6. The van der Waals surface area contributed by atoms with Crippen molar-refractivity contribution in [2.45, 2.75) is 68.3 Å². The molecule has 0 amide bonds. The molecule has 6 bridgehead atoms. The third-order valence-electron chi connectivity index (χ3n) is 7.25. The van der Waals surface area contributed by atoms with E-state index in [1.165, 1.54) is 57.8 Å². The molecule has 0 aromatic heterocycles. The van der Waals surface area contributed by atoms with Gasteiger partial charge in [0.15, 0.2) is 0 Å². The van der Waals surface area contributed by atoms with Gasteiger partial charge in [-0.1, -0.05) is 0 Å². The van der Waals surface area contributed by atoms with Crippen molar-refractivity contribution in [3.8, 4) is 0 Å². The summed E-state index contributed by atoms with van der Waals surface area (Å²) in [7, 11) is 0. The van der Waals surface area contributed by atoms with Gasteiger partial charge in [-0.25, -0.2) is 0 Å². The van der Waals surface area contributed by atoms with Gasteiger partial charge in [-0.3, -0.25) is 4.79 Å². The summed E-state index contributed by atoms with van der Waals surface area (Å²) in [6, 6.07) is 0. The van der Waals surface area contributed by atoms with E-state index in [4.69, 9.17) is 0 Å². The van der Waals surface area contributed by atoms with E-state index in [2.05, 4.69) is 11.8 Å². The van der Waals surface area contributed by atoms with Gasteiger partial charge in [0.05, 0.1) is 0 Å². The van der Waals surface area contributed by atoms with Crippen molar-refractivity contribution >= 4 is 17.5 Å². The van der Waals surface area contributed by atoms with Gasteiger partial charge in [0.2, 0.25) is 0 Å². The lowest BCUT2D eigenvalue weighted by atomic mass is 9.50. The second-order valence-corrected chi connectivity index (χ2v) is 10.1. The highest BCUT2D eigenvalue weighted by Gasteiger charge is 2.52. The van der Waals surface area contributed by atoms with Gasteiger partial charge >= 0.3 is 0 Å². The van der Waals surface area contributed by atoms with Gasteiger partial charge in [-0.2, -0.15) is 11.8 Å². The molecular formula is C18H26OS. The van der Waals surface area contributed by atoms with E-state index in [0.717, 1.165) is 40.0 Å². The van der Waals surface area contributed by atoms with Crippen LogP contribution in [0, 0.1) is 35.5 Å². The molecule has 0 N–H and O–H groups in total. The Kier molecular flexibility index (Phi) is 2.83. The largest absolute Gasteiger partial charge is 0.299 e. The zero-order valence-corrected chi connectivity index (χ0v) is 13.1. The molecule has 2 atom stereocenters. The molecule has 6 aliphatic rings. The van der Waals surface area contributed by atoms with Crippen molar-refractivity contribution in [3.63, 3.8) is 0 Å². The van der Waals surface area contributed by atoms with E-state index < -0.39 is 0 Å². The molecule has 2 heteroatoms. The Morgan fingerprint density at radius 2 is 1.30 bits per heavy atom. The summed E-state index contributed by atoms with van der Waals surface area (Å²) in [5, 5.41) is 1.67. The Balaban J connectivity index is 1.36. The summed E-state index contributed by atoms with van der Waals surface area (Å²) in [5.41, 5.74) is 0. The topological polar surface area (TPSA) is 17.1 Å². The lowest BCUT2D eigenvalue weighted by Crippen LogP contribution is -2.49. The maximum Gasteiger partial charge on any atom is 0.139 e. The summed E-state index contributed by atoms with van der Waals surface area (Å²) < 4.78 is 0. The van der Waals surface area contributed by atoms with Crippen molar-refractivity contribution in [2.75, 3.05) is 0 Å². The van der Waals surface area contributed by atoms with E-state index in [1.54, 1.807) is 0 Å². The second kappa shape index (κ2) is 4.51. The average Bonchev–Trinajstić information content (AvgIpc) is 2.76. The zero-order valence-electron chi connectivity index (χ0n) is 12.3. The molecule has 2 aliphatic heterocycles. The SMILES string of the molecule is O=C(C1CC2CCC(C1)S2)C1C2CC3CC(C2)CC1C3. The van der Waals surface area contributed by atoms with Crippen LogP contribution in [0.4, 0.5) is 0 Å². The number of thioether (sulfide) groups is 1. The number of Topliss-reactive ketones (excluding diaryl/α,β-unsaturated/α-hetero) is 1. The van der Waals surface area contributed by atoms with E-state index in [1.807, 2.05) is 0 Å². The Morgan fingerprint density at radius 3 is 1.85 bits per heavy atom. The van der Waals surface area contributed by atoms with Crippen LogP contribution in [0.2, 0.25) is 0 Å². The molecule has 4 aliphatic carbocycles.